The van der Waals surface area contributed by atoms with E-state index in [9.17, 15) is 58.7 Å². The third-order valence-electron chi connectivity index (χ3n) is 21.9. The Bertz CT molecular complexity index is 7030. The number of aliphatic carboxylic acids is 4. The Balaban J connectivity index is 0.000000146. The molecule has 9 heterocycles. The number of rotatable bonds is 41. The summed E-state index contributed by atoms with van der Waals surface area (Å²) in [5, 5.41) is 53.6. The van der Waals surface area contributed by atoms with Gasteiger partial charge in [0.15, 0.2) is 59.3 Å². The molecule has 0 spiro atoms. The zero-order valence-electron chi connectivity index (χ0n) is 74.3. The molecule has 17 rings (SSSR count). The maximum atomic E-state index is 13.2. The van der Waals surface area contributed by atoms with Crippen molar-refractivity contribution in [3.63, 3.8) is 0 Å². The first kappa shape index (κ1) is 97.6. The normalized spacial score (nSPS) is 11.7. The number of fused-ring (bicyclic) bond motifs is 8. The molecule has 0 bridgehead atoms. The lowest BCUT2D eigenvalue weighted by molar-refractivity contribution is -0.142. The molecule has 17 aromatic rings. The second kappa shape index (κ2) is 44.6. The predicted octanol–water partition coefficient (Wildman–Crippen LogP) is 21.5. The summed E-state index contributed by atoms with van der Waals surface area (Å²) in [6.07, 6.45) is 5.45. The van der Waals surface area contributed by atoms with Crippen LogP contribution in [0.4, 0.5) is 39.5 Å². The van der Waals surface area contributed by atoms with Crippen LogP contribution in [0.3, 0.4) is 0 Å². The summed E-state index contributed by atoms with van der Waals surface area (Å²) in [5.41, 5.74) is 4.22. The minimum atomic E-state index is -4.60. The number of aryl methyl sites for hydroxylation is 6. The molecule has 39 heteroatoms. The molecule has 8 aromatic carbocycles. The van der Waals surface area contributed by atoms with Gasteiger partial charge < -0.3 is 90.2 Å². The van der Waals surface area contributed by atoms with E-state index >= 15 is 0 Å². The molecule has 0 fully saturated rings. The highest BCUT2D eigenvalue weighted by Crippen LogP contribution is 2.43. The molecule has 0 saturated heterocycles. The van der Waals surface area contributed by atoms with Crippen LogP contribution < -0.4 is 37.9 Å². The number of halogens is 9. The van der Waals surface area contributed by atoms with Crippen LogP contribution in [0.5, 0.6) is 46.1 Å². The molecule has 0 aliphatic rings. The minimum absolute atomic E-state index is 0.0474. The van der Waals surface area contributed by atoms with Gasteiger partial charge in [0.05, 0.1) is 69.9 Å². The van der Waals surface area contributed by atoms with E-state index in [4.69, 9.17) is 71.9 Å². The fourth-order valence-electron chi connectivity index (χ4n) is 15.9. The molecular weight excluding hydrogens is 1810 g/mol. The number of carbonyl (C=O) groups is 4. The standard InChI is InChI=1S/C26H27F3N2O5.C25H25F3N2O5.C24H21N5O4.C23H21F3N2O5/c1-2-7-18-22(11-10-19-24(18)36-30-25(19)26(27,28)29)34-15-5-3-4-13-31-14-12-17-20(31)8-6-9-21(17)35-16-23(32)33;1-2-6-17-21(10-9-18-23(17)35-29-24(18)25(26,27)28)33-14-4-3-12-30-13-11-16-19(30)7-5-8-20(16)34-15-22(31)32;30-22(31)15-33-21-9-4-8-20-18(21)10-12-28(20)11-5-13-32-24-19-14-27-29(23(19)25-16-26-24)17-6-2-1-3-7-17;1-2-4-15-19(8-7-16-21(15)33-27-22(16)23(24,25)26)32-12-11-31-18-6-3-5-17-14(18)9-10-28(17)13-20(29)30/h6,8-12,14H,2-5,7,13,15-16H2,1H3,(H,32,33);5,7-11,13H,2-4,6,12,14-15H2,1H3,(H,31,32);1-4,6-10,12,14,16H,5,11,13,15H2,(H,30,31);3,5-10H,2,4,11-13H2,1H3,(H,29,30). The quantitative estimate of drug-likeness (QED) is 0.0204. The minimum Gasteiger partial charge on any atom is -0.493 e. The maximum absolute atomic E-state index is 13.2. The second-order valence-electron chi connectivity index (χ2n) is 31.4. The van der Waals surface area contributed by atoms with Gasteiger partial charge in [-0.3, -0.25) is 4.79 Å². The van der Waals surface area contributed by atoms with Crippen molar-refractivity contribution in [3.05, 3.63) is 235 Å². The summed E-state index contributed by atoms with van der Waals surface area (Å²) in [5.74, 6) is 0.149. The Labute approximate surface area is 774 Å². The van der Waals surface area contributed by atoms with Gasteiger partial charge in [-0.15, -0.1) is 0 Å². The molecule has 0 aliphatic heterocycles. The van der Waals surface area contributed by atoms with Crippen LogP contribution in [0.2, 0.25) is 0 Å². The van der Waals surface area contributed by atoms with Gasteiger partial charge in [0.25, 0.3) is 0 Å². The average molecular weight is 1900 g/mol. The highest BCUT2D eigenvalue weighted by Gasteiger charge is 2.40. The SMILES string of the molecule is CCCc1c(OCCCCCn2ccc3c(OCC(=O)O)cccc32)ccc2c(C(F)(F)F)noc12.CCCc1c(OCCCCn2ccc3c(OCC(=O)O)cccc32)ccc2c(C(F)(F)F)noc12.CCCc1c(OCCOc2cccc3c2ccn3CC(=O)O)ccc2c(C(F)(F)F)noc12.O=C(O)COc1cccc2c1ccn2CCCOc1ncnc2c1cnn2-c1ccccc1. The highest BCUT2D eigenvalue weighted by atomic mass is 19.4. The smallest absolute Gasteiger partial charge is 0.437 e. The number of benzene rings is 8. The first-order chi connectivity index (χ1) is 66.1. The van der Waals surface area contributed by atoms with E-state index in [1.54, 1.807) is 76.2 Å². The molecule has 4 N–H and O–H groups in total. The van der Waals surface area contributed by atoms with Gasteiger partial charge in [0, 0.05) is 82.7 Å². The van der Waals surface area contributed by atoms with E-state index in [1.807, 2.05) is 124 Å². The lowest BCUT2D eigenvalue weighted by Gasteiger charge is -2.13. The monoisotopic (exact) mass is 1900 g/mol. The average Bonchev–Trinajstić information content (AvgIpc) is 1.64. The predicted molar refractivity (Wildman–Crippen MR) is 486 cm³/mol. The Hall–Kier alpha value is -15.5. The molecule has 30 nitrogen and oxygen atoms in total. The number of aromatic nitrogens is 11. The number of carboxylic acids is 4. The molecule has 9 aromatic heterocycles. The zero-order chi connectivity index (χ0) is 96.9. The van der Waals surface area contributed by atoms with E-state index in [1.165, 1.54) is 30.6 Å². The van der Waals surface area contributed by atoms with Crippen molar-refractivity contribution in [2.45, 2.75) is 143 Å². The van der Waals surface area contributed by atoms with Crippen LogP contribution in [0.15, 0.2) is 215 Å². The largest absolute Gasteiger partial charge is 0.493 e. The summed E-state index contributed by atoms with van der Waals surface area (Å²) in [6.45, 7) is 8.30. The third-order valence-corrected chi connectivity index (χ3v) is 21.9. The number of ether oxygens (including phenoxy) is 8. The first-order valence-electron chi connectivity index (χ1n) is 44.0. The van der Waals surface area contributed by atoms with Crippen molar-refractivity contribution in [1.82, 2.24) is 53.5 Å². The zero-order valence-corrected chi connectivity index (χ0v) is 74.3. The number of unbranched alkanes of at least 4 members (excludes halogenated alkanes) is 3. The van der Waals surface area contributed by atoms with Crippen molar-refractivity contribution in [2.75, 3.05) is 52.9 Å². The number of para-hydroxylation sites is 1. The highest BCUT2D eigenvalue weighted by molar-refractivity contribution is 5.92. The Kier molecular flexibility index (Phi) is 31.7. The molecule has 0 amide bonds. The maximum Gasteiger partial charge on any atom is 0.437 e. The molecule has 0 atom stereocenters. The molecule has 0 radical (unpaired) electrons. The van der Waals surface area contributed by atoms with Gasteiger partial charge in [-0.1, -0.05) is 98.0 Å². The molecule has 0 saturated carbocycles. The Morgan fingerprint density at radius 2 is 0.701 bits per heavy atom. The Morgan fingerprint density at radius 1 is 0.343 bits per heavy atom. The van der Waals surface area contributed by atoms with Crippen LogP contribution in [0, 0.1) is 0 Å². The summed E-state index contributed by atoms with van der Waals surface area (Å²) in [4.78, 5) is 52.0. The van der Waals surface area contributed by atoms with Crippen LogP contribution >= 0.6 is 0 Å². The fourth-order valence-corrected chi connectivity index (χ4v) is 15.9. The lowest BCUT2D eigenvalue weighted by Crippen LogP contribution is -2.10. The van der Waals surface area contributed by atoms with E-state index in [-0.39, 0.29) is 59.3 Å². The van der Waals surface area contributed by atoms with Crippen LogP contribution in [0.1, 0.15) is 112 Å². The number of hydrogen-bond donors (Lipinski definition) is 4. The van der Waals surface area contributed by atoms with Gasteiger partial charge in [-0.2, -0.15) is 44.6 Å². The second-order valence-corrected chi connectivity index (χ2v) is 31.4. The molecule has 137 heavy (non-hydrogen) atoms. The number of carboxylic acid groups (broad SMARTS) is 4. The summed E-state index contributed by atoms with van der Waals surface area (Å²) >= 11 is 0. The van der Waals surface area contributed by atoms with Crippen molar-refractivity contribution in [3.8, 4) is 51.8 Å². The Morgan fingerprint density at radius 3 is 1.09 bits per heavy atom. The summed E-state index contributed by atoms with van der Waals surface area (Å²) in [7, 11) is 0. The van der Waals surface area contributed by atoms with Crippen molar-refractivity contribution in [1.29, 1.82) is 0 Å². The lowest BCUT2D eigenvalue weighted by atomic mass is 10.0. The fraction of sp³-hybridized carbons (Fsp3) is 0.306. The van der Waals surface area contributed by atoms with Crippen molar-refractivity contribution < 1.29 is 131 Å². The van der Waals surface area contributed by atoms with Crippen molar-refractivity contribution in [2.24, 2.45) is 0 Å². The number of nitrogens with zero attached hydrogens (tertiary/aromatic N) is 11. The van der Waals surface area contributed by atoms with Gasteiger partial charge in [0.1, 0.15) is 71.7 Å². The van der Waals surface area contributed by atoms with E-state index in [0.717, 1.165) is 119 Å². The molecule has 0 aliphatic carbocycles. The third kappa shape index (κ3) is 23.8. The van der Waals surface area contributed by atoms with Gasteiger partial charge in [0.2, 0.25) is 5.88 Å². The molecule has 0 unspecified atom stereocenters. The number of alkyl halides is 9. The first-order valence-corrected chi connectivity index (χ1v) is 44.0. The topological polar surface area (TPSA) is 364 Å². The van der Waals surface area contributed by atoms with Crippen molar-refractivity contribution >= 4 is 111 Å². The summed E-state index contributed by atoms with van der Waals surface area (Å²) in [6, 6.07) is 47.9. The van der Waals surface area contributed by atoms with Crippen LogP contribution in [0.25, 0.3) is 93.2 Å². The summed E-state index contributed by atoms with van der Waals surface area (Å²) < 4.78 is 189. The molecular formula is C98H94F9N11O19. The molecule has 718 valence electrons. The van der Waals surface area contributed by atoms with Gasteiger partial charge in [-0.25, -0.2) is 29.0 Å². The number of hydrogen-bond acceptors (Lipinski definition) is 21. The van der Waals surface area contributed by atoms with Gasteiger partial charge >= 0.3 is 42.4 Å². The van der Waals surface area contributed by atoms with E-state index in [2.05, 4.69) is 44.2 Å². The van der Waals surface area contributed by atoms with Crippen LogP contribution in [-0.4, -0.2) is 151 Å². The van der Waals surface area contributed by atoms with Gasteiger partial charge in [-0.05, 0) is 179 Å². The van der Waals surface area contributed by atoms with E-state index in [0.29, 0.717) is 121 Å². The van der Waals surface area contributed by atoms with E-state index < -0.39 is 72.7 Å². The van der Waals surface area contributed by atoms with Crippen LogP contribution in [-0.2, 0) is 83.1 Å².